The van der Waals surface area contributed by atoms with E-state index in [9.17, 15) is 27.9 Å². The van der Waals surface area contributed by atoms with Crippen LogP contribution in [0.25, 0.3) is 5.52 Å². The summed E-state index contributed by atoms with van der Waals surface area (Å²) in [4.78, 5) is 37.1. The lowest BCUT2D eigenvalue weighted by molar-refractivity contribution is -0.368. The van der Waals surface area contributed by atoms with Gasteiger partial charge in [-0.2, -0.15) is 4.72 Å². The van der Waals surface area contributed by atoms with Crippen LogP contribution in [-0.4, -0.2) is 55.5 Å². The molecule has 0 aliphatic carbocycles. The molecule has 2 aromatic heterocycles. The van der Waals surface area contributed by atoms with Gasteiger partial charge in [-0.3, -0.25) is 18.8 Å². The zero-order valence-electron chi connectivity index (χ0n) is 19.6. The summed E-state index contributed by atoms with van der Waals surface area (Å²) in [5.41, 5.74) is 3.49. The summed E-state index contributed by atoms with van der Waals surface area (Å²) in [6.45, 7) is 0.775. The van der Waals surface area contributed by atoms with Crippen molar-refractivity contribution in [1.29, 1.82) is 0 Å². The minimum Gasteiger partial charge on any atom is -0.492 e. The fourth-order valence-corrected chi connectivity index (χ4v) is 4.61. The SMILES string of the molecule is [NH3+]CCCCCOc1ccc2ccc(C(=O)NC[C@H](NS(=O)(=O)c3ccccc3)C(=O)O)c(=O)n2c1. The Morgan fingerprint density at radius 2 is 1.75 bits per heavy atom. The van der Waals surface area contributed by atoms with Crippen molar-refractivity contribution in [1.82, 2.24) is 14.4 Å². The number of benzene rings is 1. The first-order chi connectivity index (χ1) is 17.2. The molecular formula is C24H29N4O7S+. The summed E-state index contributed by atoms with van der Waals surface area (Å²) in [5, 5.41) is 11.8. The molecule has 0 fully saturated rings. The third kappa shape index (κ3) is 6.90. The van der Waals surface area contributed by atoms with Crippen molar-refractivity contribution in [3.8, 4) is 5.75 Å². The van der Waals surface area contributed by atoms with E-state index in [-0.39, 0.29) is 10.5 Å². The number of hydrogen-bond acceptors (Lipinski definition) is 6. The van der Waals surface area contributed by atoms with Crippen LogP contribution in [0.4, 0.5) is 0 Å². The monoisotopic (exact) mass is 517 g/mol. The van der Waals surface area contributed by atoms with Gasteiger partial charge in [0.25, 0.3) is 11.5 Å². The van der Waals surface area contributed by atoms with E-state index in [1.54, 1.807) is 24.3 Å². The minimum absolute atomic E-state index is 0.115. The largest absolute Gasteiger partial charge is 0.492 e. The quantitative estimate of drug-likeness (QED) is 0.235. The smallest absolute Gasteiger partial charge is 0.323 e. The van der Waals surface area contributed by atoms with Crippen molar-refractivity contribution in [2.24, 2.45) is 0 Å². The number of carbonyl (C=O) groups excluding carboxylic acids is 1. The molecule has 36 heavy (non-hydrogen) atoms. The van der Waals surface area contributed by atoms with Gasteiger partial charge < -0.3 is 20.9 Å². The van der Waals surface area contributed by atoms with Crippen LogP contribution in [0.3, 0.4) is 0 Å². The molecular weight excluding hydrogens is 488 g/mol. The number of quaternary nitrogens is 1. The third-order valence-corrected chi connectivity index (χ3v) is 6.83. The molecule has 12 heteroatoms. The van der Waals surface area contributed by atoms with Gasteiger partial charge in [-0.1, -0.05) is 18.2 Å². The van der Waals surface area contributed by atoms with E-state index in [2.05, 4.69) is 15.8 Å². The molecule has 3 aromatic rings. The molecule has 3 rings (SSSR count). The molecule has 1 amide bonds. The maximum atomic E-state index is 12.9. The first kappa shape index (κ1) is 26.9. The van der Waals surface area contributed by atoms with Gasteiger partial charge in [-0.15, -0.1) is 0 Å². The fraction of sp³-hybridized carbons (Fsp3) is 0.292. The van der Waals surface area contributed by atoms with Crippen molar-refractivity contribution in [3.05, 3.63) is 76.7 Å². The second-order valence-electron chi connectivity index (χ2n) is 8.01. The summed E-state index contributed by atoms with van der Waals surface area (Å²) < 4.78 is 34.0. The number of hydrogen-bond donors (Lipinski definition) is 4. The van der Waals surface area contributed by atoms with Crippen LogP contribution < -0.4 is 26.1 Å². The van der Waals surface area contributed by atoms with Gasteiger partial charge in [0, 0.05) is 12.1 Å². The van der Waals surface area contributed by atoms with Crippen molar-refractivity contribution >= 4 is 27.4 Å². The fourth-order valence-electron chi connectivity index (χ4n) is 3.40. The molecule has 0 radical (unpaired) electrons. The van der Waals surface area contributed by atoms with Crippen molar-refractivity contribution in [2.75, 3.05) is 19.7 Å². The number of nitrogens with one attached hydrogen (secondary N) is 2. The number of carboxylic acid groups (broad SMARTS) is 1. The maximum absolute atomic E-state index is 12.9. The highest BCUT2D eigenvalue weighted by atomic mass is 32.2. The van der Waals surface area contributed by atoms with E-state index in [1.165, 1.54) is 40.9 Å². The molecule has 1 aromatic carbocycles. The first-order valence-electron chi connectivity index (χ1n) is 11.4. The molecule has 6 N–H and O–H groups in total. The lowest BCUT2D eigenvalue weighted by Crippen LogP contribution is -2.50. The Labute approximate surface area is 207 Å². The van der Waals surface area contributed by atoms with Gasteiger partial charge in [0.2, 0.25) is 10.0 Å². The Kier molecular flexibility index (Phi) is 9.17. The van der Waals surface area contributed by atoms with Gasteiger partial charge in [-0.25, -0.2) is 8.42 Å². The average Bonchev–Trinajstić information content (AvgIpc) is 2.87. The number of aliphatic carboxylic acids is 1. The second-order valence-corrected chi connectivity index (χ2v) is 9.72. The zero-order valence-corrected chi connectivity index (χ0v) is 20.4. The number of unbranched alkanes of at least 4 members (excludes halogenated alkanes) is 2. The zero-order chi connectivity index (χ0) is 26.1. The summed E-state index contributed by atoms with van der Waals surface area (Å²) in [5.74, 6) is -1.85. The van der Waals surface area contributed by atoms with Gasteiger partial charge in [0.1, 0.15) is 17.4 Å². The van der Waals surface area contributed by atoms with Gasteiger partial charge >= 0.3 is 5.97 Å². The number of sulfonamides is 1. The molecule has 0 aliphatic heterocycles. The van der Waals surface area contributed by atoms with Crippen LogP contribution >= 0.6 is 0 Å². The summed E-state index contributed by atoms with van der Waals surface area (Å²) in [6.07, 6.45) is 4.34. The average molecular weight is 518 g/mol. The van der Waals surface area contributed by atoms with Crippen molar-refractivity contribution in [3.63, 3.8) is 0 Å². The molecule has 0 spiro atoms. The molecule has 192 valence electrons. The van der Waals surface area contributed by atoms with Crippen LogP contribution in [0, 0.1) is 0 Å². The molecule has 0 bridgehead atoms. The van der Waals surface area contributed by atoms with Crippen molar-refractivity contribution < 1.29 is 33.6 Å². The van der Waals surface area contributed by atoms with Gasteiger partial charge in [0.05, 0.1) is 24.2 Å². The Bertz CT molecular complexity index is 1370. The van der Waals surface area contributed by atoms with Crippen LogP contribution in [0.5, 0.6) is 5.75 Å². The number of pyridine rings is 2. The minimum atomic E-state index is -4.14. The Balaban J connectivity index is 1.71. The van der Waals surface area contributed by atoms with Crippen LogP contribution in [0.2, 0.25) is 0 Å². The van der Waals surface area contributed by atoms with E-state index in [0.717, 1.165) is 25.8 Å². The number of aromatic nitrogens is 1. The third-order valence-electron chi connectivity index (χ3n) is 5.35. The topological polar surface area (TPSA) is 171 Å². The summed E-state index contributed by atoms with van der Waals surface area (Å²) in [6, 6.07) is 11.9. The normalized spacial score (nSPS) is 12.2. The van der Waals surface area contributed by atoms with E-state index in [4.69, 9.17) is 4.74 Å². The Hall–Kier alpha value is -3.74. The highest BCUT2D eigenvalue weighted by Crippen LogP contribution is 2.13. The second kappa shape index (κ2) is 12.3. The van der Waals surface area contributed by atoms with Gasteiger partial charge in [0.15, 0.2) is 0 Å². The number of ether oxygens (including phenoxy) is 1. The lowest BCUT2D eigenvalue weighted by Gasteiger charge is -2.16. The van der Waals surface area contributed by atoms with Gasteiger partial charge in [-0.05, 0) is 55.7 Å². The molecule has 11 nitrogen and oxygen atoms in total. The number of amides is 1. The maximum Gasteiger partial charge on any atom is 0.323 e. The molecule has 0 unspecified atom stereocenters. The number of carbonyl (C=O) groups is 2. The standard InChI is InChI=1S/C24H28N4O7S/c25-13-5-2-6-14-35-18-11-9-17-10-12-20(23(30)28(17)16-18)22(29)26-15-21(24(31)32)27-36(33,34)19-7-3-1-4-8-19/h1,3-4,7-12,16,21,27H,2,5-6,13-15,25H2,(H,26,29)(H,31,32)/p+1/t21-/m0/s1. The highest BCUT2D eigenvalue weighted by Gasteiger charge is 2.26. The van der Waals surface area contributed by atoms with Crippen LogP contribution in [0.1, 0.15) is 29.6 Å². The van der Waals surface area contributed by atoms with Crippen LogP contribution in [0.15, 0.2) is 70.5 Å². The summed E-state index contributed by atoms with van der Waals surface area (Å²) in [7, 11) is -4.14. The highest BCUT2D eigenvalue weighted by molar-refractivity contribution is 7.89. The number of nitrogens with zero attached hydrogens (tertiary/aromatic N) is 1. The van der Waals surface area contributed by atoms with E-state index >= 15 is 0 Å². The summed E-state index contributed by atoms with van der Waals surface area (Å²) >= 11 is 0. The molecule has 1 atom stereocenters. The van der Waals surface area contributed by atoms with E-state index < -0.39 is 40.0 Å². The lowest BCUT2D eigenvalue weighted by atomic mass is 10.2. The predicted molar refractivity (Wildman–Crippen MR) is 131 cm³/mol. The predicted octanol–water partition coefficient (Wildman–Crippen LogP) is 0.252. The number of fused-ring (bicyclic) bond motifs is 1. The van der Waals surface area contributed by atoms with Crippen molar-refractivity contribution in [2.45, 2.75) is 30.2 Å². The number of rotatable bonds is 13. The first-order valence-corrected chi connectivity index (χ1v) is 12.9. The number of carboxylic acids is 1. The van der Waals surface area contributed by atoms with E-state index in [0.29, 0.717) is 17.9 Å². The van der Waals surface area contributed by atoms with Crippen LogP contribution in [-0.2, 0) is 14.8 Å². The molecule has 2 heterocycles. The Morgan fingerprint density at radius 1 is 1.03 bits per heavy atom. The molecule has 0 aliphatic rings. The Morgan fingerprint density at radius 3 is 2.44 bits per heavy atom. The molecule has 0 saturated carbocycles. The van der Waals surface area contributed by atoms with E-state index in [1.807, 2.05) is 0 Å². The molecule has 0 saturated heterocycles.